The van der Waals surface area contributed by atoms with Crippen molar-refractivity contribution in [1.29, 1.82) is 5.26 Å². The Morgan fingerprint density at radius 3 is 2.57 bits per heavy atom. The first kappa shape index (κ1) is 17.8. The first-order valence-electron chi connectivity index (χ1n) is 7.32. The van der Waals surface area contributed by atoms with E-state index in [1.54, 1.807) is 6.92 Å². The predicted molar refractivity (Wildman–Crippen MR) is 81.2 cm³/mol. The molecule has 0 saturated heterocycles. The summed E-state index contributed by atoms with van der Waals surface area (Å²) in [6.07, 6.45) is 1.42. The number of rotatable bonds is 7. The van der Waals surface area contributed by atoms with Gasteiger partial charge in [-0.3, -0.25) is 0 Å². The van der Waals surface area contributed by atoms with E-state index in [0.29, 0.717) is 12.8 Å². The quantitative estimate of drug-likeness (QED) is 0.763. The lowest BCUT2D eigenvalue weighted by atomic mass is 10.2. The molecule has 23 heavy (non-hydrogen) atoms. The highest BCUT2D eigenvalue weighted by Crippen LogP contribution is 2.32. The van der Waals surface area contributed by atoms with Crippen molar-refractivity contribution in [3.8, 4) is 6.07 Å². The van der Waals surface area contributed by atoms with Crippen molar-refractivity contribution >= 4 is 10.2 Å². The maximum absolute atomic E-state index is 13.8. The van der Waals surface area contributed by atoms with Gasteiger partial charge in [-0.1, -0.05) is 6.07 Å². The summed E-state index contributed by atoms with van der Waals surface area (Å²) in [5.41, 5.74) is 0.128. The summed E-state index contributed by atoms with van der Waals surface area (Å²) in [6.45, 7) is 1.55. The standard InChI is InChI=1S/C15H19F2N3O2S/c1-11(8-18)9-19(2)23(21,22)20(14-5-6-14)10-12-3-4-13(16)7-15(12)17/h3-4,7,11,14H,5-6,9-10H2,1-2H3/t11-/m0/s1. The number of hydrogen-bond donors (Lipinski definition) is 0. The van der Waals surface area contributed by atoms with Crippen LogP contribution >= 0.6 is 0 Å². The number of hydrogen-bond acceptors (Lipinski definition) is 3. The largest absolute Gasteiger partial charge is 0.282 e. The topological polar surface area (TPSA) is 64.4 Å². The molecule has 5 nitrogen and oxygen atoms in total. The normalized spacial score (nSPS) is 16.6. The van der Waals surface area contributed by atoms with E-state index in [9.17, 15) is 17.2 Å². The SMILES string of the molecule is C[C@@H](C#N)CN(C)S(=O)(=O)N(Cc1ccc(F)cc1F)C1CC1. The van der Waals surface area contributed by atoms with Gasteiger partial charge in [0.1, 0.15) is 11.6 Å². The molecular formula is C15H19F2N3O2S. The predicted octanol–water partition coefficient (Wildman–Crippen LogP) is 2.27. The molecule has 1 aromatic rings. The molecule has 0 spiro atoms. The molecule has 2 rings (SSSR count). The van der Waals surface area contributed by atoms with E-state index in [-0.39, 0.29) is 24.7 Å². The average Bonchev–Trinajstić information content (AvgIpc) is 3.30. The van der Waals surface area contributed by atoms with Crippen LogP contribution < -0.4 is 0 Å². The molecule has 0 aromatic heterocycles. The van der Waals surface area contributed by atoms with Crippen LogP contribution in [0.3, 0.4) is 0 Å². The van der Waals surface area contributed by atoms with Crippen molar-refractivity contribution in [3.63, 3.8) is 0 Å². The average molecular weight is 343 g/mol. The maximum atomic E-state index is 13.8. The summed E-state index contributed by atoms with van der Waals surface area (Å²) in [7, 11) is -2.41. The number of nitrogens with zero attached hydrogens (tertiary/aromatic N) is 3. The molecule has 0 unspecified atom stereocenters. The molecule has 8 heteroatoms. The first-order valence-corrected chi connectivity index (χ1v) is 8.72. The first-order chi connectivity index (χ1) is 10.8. The van der Waals surface area contributed by atoms with Crippen molar-refractivity contribution in [2.45, 2.75) is 32.4 Å². The maximum Gasteiger partial charge on any atom is 0.282 e. The van der Waals surface area contributed by atoms with E-state index in [0.717, 1.165) is 16.4 Å². The van der Waals surface area contributed by atoms with Gasteiger partial charge < -0.3 is 0 Å². The molecule has 0 N–H and O–H groups in total. The molecule has 1 atom stereocenters. The molecule has 1 fully saturated rings. The third-order valence-electron chi connectivity index (χ3n) is 3.74. The summed E-state index contributed by atoms with van der Waals surface area (Å²) >= 11 is 0. The van der Waals surface area contributed by atoms with Gasteiger partial charge in [0, 0.05) is 37.8 Å². The van der Waals surface area contributed by atoms with Gasteiger partial charge in [-0.2, -0.15) is 22.3 Å². The molecule has 0 aliphatic heterocycles. The van der Waals surface area contributed by atoms with Crippen molar-refractivity contribution in [2.24, 2.45) is 5.92 Å². The Hall–Kier alpha value is -1.56. The second-order valence-electron chi connectivity index (χ2n) is 5.83. The molecule has 0 heterocycles. The zero-order valence-electron chi connectivity index (χ0n) is 13.0. The van der Waals surface area contributed by atoms with Gasteiger partial charge in [-0.05, 0) is 25.8 Å². The molecule has 1 aromatic carbocycles. The van der Waals surface area contributed by atoms with E-state index in [4.69, 9.17) is 5.26 Å². The Bertz CT molecular complexity index is 714. The van der Waals surface area contributed by atoms with Gasteiger partial charge in [-0.15, -0.1) is 0 Å². The van der Waals surface area contributed by atoms with Crippen LogP contribution in [-0.2, 0) is 16.8 Å². The van der Waals surface area contributed by atoms with Crippen LogP contribution in [0.1, 0.15) is 25.3 Å². The Balaban J connectivity index is 2.22. The molecule has 1 aliphatic carbocycles. The van der Waals surface area contributed by atoms with Crippen LogP contribution in [0, 0.1) is 28.9 Å². The van der Waals surface area contributed by atoms with Crippen molar-refractivity contribution in [2.75, 3.05) is 13.6 Å². The fourth-order valence-corrected chi connectivity index (χ4v) is 3.94. The van der Waals surface area contributed by atoms with E-state index >= 15 is 0 Å². The summed E-state index contributed by atoms with van der Waals surface area (Å²) in [5, 5.41) is 8.84. The highest BCUT2D eigenvalue weighted by atomic mass is 32.2. The summed E-state index contributed by atoms with van der Waals surface area (Å²) in [5.74, 6) is -1.91. The van der Waals surface area contributed by atoms with Crippen molar-refractivity contribution in [3.05, 3.63) is 35.4 Å². The fraction of sp³-hybridized carbons (Fsp3) is 0.533. The minimum atomic E-state index is -3.81. The van der Waals surface area contributed by atoms with E-state index < -0.39 is 27.8 Å². The molecular weight excluding hydrogens is 324 g/mol. The molecule has 126 valence electrons. The smallest absolute Gasteiger partial charge is 0.207 e. The molecule has 1 aliphatic rings. The van der Waals surface area contributed by atoms with Gasteiger partial charge in [-0.25, -0.2) is 8.78 Å². The lowest BCUT2D eigenvalue weighted by molar-refractivity contribution is 0.336. The van der Waals surface area contributed by atoms with Crippen molar-refractivity contribution < 1.29 is 17.2 Å². The van der Waals surface area contributed by atoms with Crippen LogP contribution in [0.5, 0.6) is 0 Å². The second kappa shape index (κ2) is 6.91. The van der Waals surface area contributed by atoms with Crippen LogP contribution in [-0.4, -0.2) is 36.7 Å². The molecule has 0 bridgehead atoms. The van der Waals surface area contributed by atoms with Crippen molar-refractivity contribution in [1.82, 2.24) is 8.61 Å². The lowest BCUT2D eigenvalue weighted by Gasteiger charge is -2.28. The fourth-order valence-electron chi connectivity index (χ4n) is 2.28. The number of benzene rings is 1. The van der Waals surface area contributed by atoms with Gasteiger partial charge >= 0.3 is 0 Å². The monoisotopic (exact) mass is 343 g/mol. The number of nitriles is 1. The summed E-state index contributed by atoms with van der Waals surface area (Å²) < 4.78 is 54.5. The van der Waals surface area contributed by atoms with Gasteiger partial charge in [0.2, 0.25) is 0 Å². The summed E-state index contributed by atoms with van der Waals surface area (Å²) in [6, 6.07) is 4.92. The van der Waals surface area contributed by atoms with Crippen LogP contribution in [0.2, 0.25) is 0 Å². The van der Waals surface area contributed by atoms with Crippen LogP contribution in [0.4, 0.5) is 8.78 Å². The zero-order chi connectivity index (χ0) is 17.2. The highest BCUT2D eigenvalue weighted by molar-refractivity contribution is 7.86. The highest BCUT2D eigenvalue weighted by Gasteiger charge is 2.39. The lowest BCUT2D eigenvalue weighted by Crippen LogP contribution is -2.44. The zero-order valence-corrected chi connectivity index (χ0v) is 13.9. The number of halogens is 2. The van der Waals surface area contributed by atoms with Crippen LogP contribution in [0.25, 0.3) is 0 Å². The Morgan fingerprint density at radius 2 is 2.04 bits per heavy atom. The Kier molecular flexibility index (Phi) is 5.34. The van der Waals surface area contributed by atoms with Gasteiger partial charge in [0.25, 0.3) is 10.2 Å². The third kappa shape index (κ3) is 4.25. The van der Waals surface area contributed by atoms with E-state index in [1.807, 2.05) is 6.07 Å². The Labute approximate surface area is 135 Å². The summed E-state index contributed by atoms with van der Waals surface area (Å²) in [4.78, 5) is 0. The van der Waals surface area contributed by atoms with Crippen LogP contribution in [0.15, 0.2) is 18.2 Å². The third-order valence-corrected chi connectivity index (χ3v) is 5.69. The minimum Gasteiger partial charge on any atom is -0.207 e. The molecule has 1 saturated carbocycles. The van der Waals surface area contributed by atoms with E-state index in [1.165, 1.54) is 17.4 Å². The second-order valence-corrected chi connectivity index (χ2v) is 7.82. The molecule has 0 amide bonds. The molecule has 0 radical (unpaired) electrons. The van der Waals surface area contributed by atoms with Gasteiger partial charge in [0.05, 0.1) is 12.0 Å². The van der Waals surface area contributed by atoms with E-state index in [2.05, 4.69) is 0 Å². The minimum absolute atomic E-state index is 0.0634. The van der Waals surface area contributed by atoms with Gasteiger partial charge in [0.15, 0.2) is 0 Å². The Morgan fingerprint density at radius 1 is 1.39 bits per heavy atom.